The average Bonchev–Trinajstić information content (AvgIpc) is 3.00. The van der Waals surface area contributed by atoms with E-state index in [1.807, 2.05) is 6.92 Å². The number of rotatable bonds is 10. The molecule has 0 bridgehead atoms. The van der Waals surface area contributed by atoms with Gasteiger partial charge >= 0.3 is 0 Å². The molecule has 3 unspecified atom stereocenters. The van der Waals surface area contributed by atoms with Crippen molar-refractivity contribution in [2.24, 2.45) is 0 Å². The van der Waals surface area contributed by atoms with Crippen molar-refractivity contribution in [1.82, 2.24) is 14.6 Å². The third-order valence-electron chi connectivity index (χ3n) is 7.85. The quantitative estimate of drug-likeness (QED) is 0.217. The van der Waals surface area contributed by atoms with Crippen molar-refractivity contribution in [3.05, 3.63) is 125 Å². The molecule has 1 amide bonds. The summed E-state index contributed by atoms with van der Waals surface area (Å²) in [5.41, 5.74) is 1.82. The van der Waals surface area contributed by atoms with E-state index in [4.69, 9.17) is 11.6 Å². The van der Waals surface area contributed by atoms with E-state index >= 15 is 4.39 Å². The third-order valence-corrected chi connectivity index (χ3v) is 10.2. The van der Waals surface area contributed by atoms with E-state index in [1.165, 1.54) is 22.6 Å². The molecule has 7 nitrogen and oxygen atoms in total. The number of nitrogens with one attached hydrogen (secondary N) is 2. The molecule has 0 spiro atoms. The topological polar surface area (TPSA) is 91.4 Å². The summed E-state index contributed by atoms with van der Waals surface area (Å²) in [5, 5.41) is 6.61. The number of aromatic nitrogens is 1. The lowest BCUT2D eigenvalue weighted by atomic mass is 9.88. The molecule has 2 heterocycles. The second-order valence-corrected chi connectivity index (χ2v) is 13.2. The van der Waals surface area contributed by atoms with Gasteiger partial charge in [-0.1, -0.05) is 54.1 Å². The molecule has 0 radical (unpaired) electrons. The molecule has 3 atom stereocenters. The maximum absolute atomic E-state index is 15.2. The highest BCUT2D eigenvalue weighted by Crippen LogP contribution is 2.31. The molecule has 1 aromatic heterocycles. The first-order chi connectivity index (χ1) is 21.1. The summed E-state index contributed by atoms with van der Waals surface area (Å²) in [5.74, 6) is -1.92. The standard InChI is InChI=1S/C33H33ClF2N4O3S/c1-22-18-37-19-27(40(22)44(42,43)28-8-3-2-4-9-28)14-15-29-31(36)20-38-21-32(29)39-33(41)17-30(23-10-12-25(34)13-11-23)24-6-5-7-26(35)16-24/h2-13,16,20-22,27,30,37H,14-15,17-19H2,1H3,(H,39,41). The number of hydrogen-bond donors (Lipinski definition) is 2. The Morgan fingerprint density at radius 2 is 1.77 bits per heavy atom. The van der Waals surface area contributed by atoms with Crippen LogP contribution in [-0.2, 0) is 21.2 Å². The number of hydrogen-bond acceptors (Lipinski definition) is 5. The van der Waals surface area contributed by atoms with Crippen LogP contribution in [0, 0.1) is 11.6 Å². The van der Waals surface area contributed by atoms with Crippen LogP contribution in [0.25, 0.3) is 0 Å². The maximum atomic E-state index is 15.2. The SMILES string of the molecule is CC1CNCC(CCc2c(F)cncc2NC(=O)CC(c2ccc(Cl)cc2)c2cccc(F)c2)N1S(=O)(=O)c1ccccc1. The van der Waals surface area contributed by atoms with E-state index in [9.17, 15) is 17.6 Å². The monoisotopic (exact) mass is 638 g/mol. The summed E-state index contributed by atoms with van der Waals surface area (Å²) in [6.07, 6.45) is 2.89. The lowest BCUT2D eigenvalue weighted by Crippen LogP contribution is -2.58. The number of benzene rings is 3. The van der Waals surface area contributed by atoms with Crippen LogP contribution >= 0.6 is 11.6 Å². The summed E-state index contributed by atoms with van der Waals surface area (Å²) in [4.78, 5) is 17.5. The maximum Gasteiger partial charge on any atom is 0.243 e. The van der Waals surface area contributed by atoms with Gasteiger partial charge in [-0.2, -0.15) is 4.31 Å². The Kier molecular flexibility index (Phi) is 10.1. The zero-order valence-electron chi connectivity index (χ0n) is 24.1. The molecule has 1 saturated heterocycles. The first kappa shape index (κ1) is 31.7. The fourth-order valence-electron chi connectivity index (χ4n) is 5.74. The van der Waals surface area contributed by atoms with Crippen LogP contribution in [0.1, 0.15) is 42.4 Å². The van der Waals surface area contributed by atoms with E-state index in [0.717, 1.165) is 11.8 Å². The predicted molar refractivity (Wildman–Crippen MR) is 167 cm³/mol. The number of nitrogens with zero attached hydrogens (tertiary/aromatic N) is 2. The summed E-state index contributed by atoms with van der Waals surface area (Å²) in [6, 6.07) is 20.5. The van der Waals surface area contributed by atoms with Gasteiger partial charge in [0.15, 0.2) is 0 Å². The molecule has 11 heteroatoms. The molecule has 1 aliphatic heterocycles. The molecule has 4 aromatic rings. The smallest absolute Gasteiger partial charge is 0.243 e. The molecular formula is C33H33ClF2N4O3S. The van der Waals surface area contributed by atoms with Gasteiger partial charge in [-0.3, -0.25) is 9.78 Å². The summed E-state index contributed by atoms with van der Waals surface area (Å²) < 4.78 is 58.0. The van der Waals surface area contributed by atoms with Crippen LogP contribution in [0.4, 0.5) is 14.5 Å². The molecule has 1 fully saturated rings. The van der Waals surface area contributed by atoms with Gasteiger partial charge < -0.3 is 10.6 Å². The molecule has 44 heavy (non-hydrogen) atoms. The normalized spacial score (nSPS) is 18.1. The van der Waals surface area contributed by atoms with Gasteiger partial charge in [-0.25, -0.2) is 17.2 Å². The summed E-state index contributed by atoms with van der Waals surface area (Å²) in [7, 11) is -3.79. The van der Waals surface area contributed by atoms with Gasteiger partial charge in [0, 0.05) is 48.1 Å². The zero-order valence-corrected chi connectivity index (χ0v) is 25.7. The molecule has 5 rings (SSSR count). The Labute approximate surface area is 261 Å². The molecule has 1 aliphatic rings. The van der Waals surface area contributed by atoms with Gasteiger partial charge in [-0.15, -0.1) is 0 Å². The second-order valence-electron chi connectivity index (χ2n) is 10.9. The first-order valence-corrected chi connectivity index (χ1v) is 16.2. The summed E-state index contributed by atoms with van der Waals surface area (Å²) >= 11 is 6.07. The number of anilines is 1. The van der Waals surface area contributed by atoms with E-state index in [1.54, 1.807) is 66.7 Å². The number of carbonyl (C=O) groups excluding carboxylic acids is 1. The Balaban J connectivity index is 1.35. The van der Waals surface area contributed by atoms with Crippen molar-refractivity contribution in [1.29, 1.82) is 0 Å². The van der Waals surface area contributed by atoms with Gasteiger partial charge in [0.05, 0.1) is 23.0 Å². The van der Waals surface area contributed by atoms with E-state index < -0.39 is 39.5 Å². The Morgan fingerprint density at radius 3 is 2.50 bits per heavy atom. The molecule has 2 N–H and O–H groups in total. The van der Waals surface area contributed by atoms with Crippen molar-refractivity contribution in [2.75, 3.05) is 18.4 Å². The van der Waals surface area contributed by atoms with Gasteiger partial charge in [0.25, 0.3) is 0 Å². The van der Waals surface area contributed by atoms with Crippen LogP contribution in [0.5, 0.6) is 0 Å². The van der Waals surface area contributed by atoms with Crippen LogP contribution < -0.4 is 10.6 Å². The van der Waals surface area contributed by atoms with E-state index in [0.29, 0.717) is 30.1 Å². The number of pyridine rings is 1. The minimum Gasteiger partial charge on any atom is -0.324 e. The molecule has 0 saturated carbocycles. The van der Waals surface area contributed by atoms with Crippen LogP contribution in [0.2, 0.25) is 5.02 Å². The number of halogens is 3. The van der Waals surface area contributed by atoms with Crippen LogP contribution in [0.15, 0.2) is 96.2 Å². The fourth-order valence-corrected chi connectivity index (χ4v) is 7.73. The summed E-state index contributed by atoms with van der Waals surface area (Å²) in [6.45, 7) is 2.74. The number of amides is 1. The van der Waals surface area contributed by atoms with Crippen molar-refractivity contribution < 1.29 is 22.0 Å². The van der Waals surface area contributed by atoms with Gasteiger partial charge in [0.1, 0.15) is 11.6 Å². The Morgan fingerprint density at radius 1 is 1.02 bits per heavy atom. The van der Waals surface area contributed by atoms with Crippen LogP contribution in [-0.4, -0.2) is 48.8 Å². The van der Waals surface area contributed by atoms with Crippen LogP contribution in [0.3, 0.4) is 0 Å². The highest BCUT2D eigenvalue weighted by atomic mass is 35.5. The van der Waals surface area contributed by atoms with Crippen molar-refractivity contribution in [2.45, 2.75) is 49.1 Å². The third kappa shape index (κ3) is 7.32. The molecule has 230 valence electrons. The minimum absolute atomic E-state index is 0.0474. The minimum atomic E-state index is -3.79. The number of sulfonamides is 1. The largest absolute Gasteiger partial charge is 0.324 e. The predicted octanol–water partition coefficient (Wildman–Crippen LogP) is 6.16. The highest BCUT2D eigenvalue weighted by Gasteiger charge is 2.37. The number of piperazine rings is 1. The second kappa shape index (κ2) is 13.9. The highest BCUT2D eigenvalue weighted by molar-refractivity contribution is 7.89. The van der Waals surface area contributed by atoms with Crippen molar-refractivity contribution >= 4 is 33.2 Å². The average molecular weight is 639 g/mol. The number of carbonyl (C=O) groups is 1. The molecule has 3 aromatic carbocycles. The lowest BCUT2D eigenvalue weighted by Gasteiger charge is -2.40. The first-order valence-electron chi connectivity index (χ1n) is 14.4. The van der Waals surface area contributed by atoms with Gasteiger partial charge in [-0.05, 0) is 67.3 Å². The fraction of sp³-hybridized carbons (Fsp3) is 0.273. The Hall–Kier alpha value is -3.70. The lowest BCUT2D eigenvalue weighted by molar-refractivity contribution is -0.116. The van der Waals surface area contributed by atoms with Crippen molar-refractivity contribution in [3.63, 3.8) is 0 Å². The van der Waals surface area contributed by atoms with Gasteiger partial charge in [0.2, 0.25) is 15.9 Å². The van der Waals surface area contributed by atoms with E-state index in [2.05, 4.69) is 15.6 Å². The van der Waals surface area contributed by atoms with Crippen molar-refractivity contribution in [3.8, 4) is 0 Å². The zero-order chi connectivity index (χ0) is 31.3. The van der Waals surface area contributed by atoms with E-state index in [-0.39, 0.29) is 35.0 Å². The Bertz CT molecular complexity index is 1710. The molecule has 0 aliphatic carbocycles. The molecular weight excluding hydrogens is 606 g/mol.